The van der Waals surface area contributed by atoms with E-state index in [0.29, 0.717) is 44.1 Å². The first-order valence-electron chi connectivity index (χ1n) is 16.0. The van der Waals surface area contributed by atoms with E-state index in [-0.39, 0.29) is 29.8 Å². The van der Waals surface area contributed by atoms with Gasteiger partial charge in [-0.15, -0.1) is 10.6 Å². The number of carbonyl (C=O) groups is 2. The minimum Gasteiger partial charge on any atom is -0.345 e. The van der Waals surface area contributed by atoms with E-state index in [0.717, 1.165) is 44.1 Å². The van der Waals surface area contributed by atoms with Crippen molar-refractivity contribution in [1.29, 1.82) is 0 Å². The SMILES string of the molecule is CC1(CC[C@H](c2ccc(C(=O)NCC3=NNNN3)cc2)N2C(=O)C(c3cc(Cl)cc(Cl)c3)=NC23CCC(C(C)(C)C)CC3)CC1. The van der Waals surface area contributed by atoms with E-state index in [4.69, 9.17) is 28.2 Å². The van der Waals surface area contributed by atoms with Crippen molar-refractivity contribution < 1.29 is 9.59 Å². The number of halogens is 2. The number of amides is 2. The highest BCUT2D eigenvalue weighted by Gasteiger charge is 2.53. The van der Waals surface area contributed by atoms with Crippen LogP contribution in [0.1, 0.15) is 107 Å². The fourth-order valence-electron chi connectivity index (χ4n) is 7.05. The van der Waals surface area contributed by atoms with Gasteiger partial charge in [0.2, 0.25) is 0 Å². The molecule has 0 unspecified atom stereocenters. The number of amidine groups is 1. The number of carbonyl (C=O) groups excluding carboxylic acids is 2. The quantitative estimate of drug-likeness (QED) is 0.246. The average Bonchev–Trinajstić information content (AvgIpc) is 3.38. The smallest absolute Gasteiger partial charge is 0.275 e. The molecule has 0 aromatic heterocycles. The molecule has 1 spiro atoms. The molecular weight excluding hydrogens is 609 g/mol. The molecule has 2 aromatic rings. The van der Waals surface area contributed by atoms with E-state index in [1.807, 2.05) is 24.3 Å². The molecule has 2 fully saturated rings. The van der Waals surface area contributed by atoms with Crippen LogP contribution in [-0.4, -0.2) is 40.5 Å². The number of hydrazone groups is 1. The molecule has 45 heavy (non-hydrogen) atoms. The standard InChI is InChI=1S/C34H43Cl2N7O2/c1-32(2,3)24-9-13-34(14-10-24)38-29(23-17-25(35)19-26(36)18-23)31(45)43(34)27(11-12-33(4)15-16-33)21-5-7-22(8-6-21)30(44)37-20-28-39-41-42-40-28/h5-8,17-19,24,27,41-42H,9-16,20H2,1-4H3,(H,37,44)(H,39,40)/t24?,27-,34?/m1/s1. The molecule has 2 saturated carbocycles. The van der Waals surface area contributed by atoms with Gasteiger partial charge in [-0.05, 0) is 104 Å². The Morgan fingerprint density at radius 1 is 1.07 bits per heavy atom. The zero-order valence-electron chi connectivity index (χ0n) is 26.5. The lowest BCUT2D eigenvalue weighted by atomic mass is 9.69. The van der Waals surface area contributed by atoms with E-state index in [2.05, 4.69) is 59.5 Å². The second-order valence-corrected chi connectivity index (χ2v) is 15.4. The van der Waals surface area contributed by atoms with Gasteiger partial charge in [0.1, 0.15) is 11.4 Å². The monoisotopic (exact) mass is 651 g/mol. The fraction of sp³-hybridized carbons (Fsp3) is 0.529. The Kier molecular flexibility index (Phi) is 8.65. The summed E-state index contributed by atoms with van der Waals surface area (Å²) in [7, 11) is 0. The highest BCUT2D eigenvalue weighted by molar-refractivity contribution is 6.47. The molecule has 2 aliphatic heterocycles. The van der Waals surface area contributed by atoms with Crippen LogP contribution in [0, 0.1) is 16.7 Å². The molecular formula is C34H43Cl2N7O2. The Balaban J connectivity index is 1.33. The predicted octanol–water partition coefficient (Wildman–Crippen LogP) is 6.53. The Morgan fingerprint density at radius 3 is 2.31 bits per heavy atom. The second kappa shape index (κ2) is 12.2. The highest BCUT2D eigenvalue weighted by atomic mass is 35.5. The van der Waals surface area contributed by atoms with Crippen LogP contribution in [0.4, 0.5) is 0 Å². The molecule has 11 heteroatoms. The van der Waals surface area contributed by atoms with Crippen molar-refractivity contribution in [2.24, 2.45) is 26.8 Å². The van der Waals surface area contributed by atoms with Crippen molar-refractivity contribution in [3.05, 3.63) is 69.2 Å². The molecule has 2 aliphatic carbocycles. The lowest BCUT2D eigenvalue weighted by Gasteiger charge is -2.47. The van der Waals surface area contributed by atoms with Gasteiger partial charge in [-0.3, -0.25) is 20.0 Å². The second-order valence-electron chi connectivity index (χ2n) is 14.5. The van der Waals surface area contributed by atoms with Crippen LogP contribution < -0.4 is 21.8 Å². The maximum atomic E-state index is 14.6. The van der Waals surface area contributed by atoms with Gasteiger partial charge in [-0.25, -0.2) is 5.53 Å². The summed E-state index contributed by atoms with van der Waals surface area (Å²) in [6, 6.07) is 12.8. The number of hydrogen-bond donors (Lipinski definition) is 4. The Morgan fingerprint density at radius 2 is 1.73 bits per heavy atom. The van der Waals surface area contributed by atoms with E-state index >= 15 is 0 Å². The Hall–Kier alpha value is -3.14. The summed E-state index contributed by atoms with van der Waals surface area (Å²) in [6.45, 7) is 9.50. The third-order valence-corrected chi connectivity index (χ3v) is 10.6. The minimum atomic E-state index is -0.648. The van der Waals surface area contributed by atoms with E-state index in [9.17, 15) is 9.59 Å². The van der Waals surface area contributed by atoms with Gasteiger partial charge in [0.15, 0.2) is 5.84 Å². The van der Waals surface area contributed by atoms with Crippen molar-refractivity contribution in [3.63, 3.8) is 0 Å². The van der Waals surface area contributed by atoms with Gasteiger partial charge in [-0.2, -0.15) is 0 Å². The number of nitrogens with one attached hydrogen (secondary N) is 4. The molecule has 6 rings (SSSR count). The van der Waals surface area contributed by atoms with Crippen LogP contribution in [-0.2, 0) is 4.79 Å². The molecule has 4 N–H and O–H groups in total. The number of nitrogens with zero attached hydrogens (tertiary/aromatic N) is 3. The van der Waals surface area contributed by atoms with E-state index < -0.39 is 5.66 Å². The van der Waals surface area contributed by atoms with Gasteiger partial charge in [0, 0.05) is 21.2 Å². The van der Waals surface area contributed by atoms with Crippen molar-refractivity contribution >= 4 is 46.6 Å². The third-order valence-electron chi connectivity index (χ3n) is 10.2. The molecule has 2 aromatic carbocycles. The first kappa shape index (κ1) is 31.8. The number of benzene rings is 2. The molecule has 2 amide bonds. The van der Waals surface area contributed by atoms with Crippen molar-refractivity contribution in [2.45, 2.75) is 90.8 Å². The summed E-state index contributed by atoms with van der Waals surface area (Å²) < 4.78 is 0. The van der Waals surface area contributed by atoms with Crippen molar-refractivity contribution in [1.82, 2.24) is 26.7 Å². The van der Waals surface area contributed by atoms with Gasteiger partial charge in [-0.1, -0.05) is 63.0 Å². The van der Waals surface area contributed by atoms with E-state index in [1.54, 1.807) is 18.2 Å². The normalized spacial score (nSPS) is 24.5. The first-order valence-corrected chi connectivity index (χ1v) is 16.7. The third kappa shape index (κ3) is 6.86. The maximum Gasteiger partial charge on any atom is 0.275 e. The van der Waals surface area contributed by atoms with Gasteiger partial charge in [0.05, 0.1) is 12.6 Å². The van der Waals surface area contributed by atoms with Crippen molar-refractivity contribution in [3.8, 4) is 0 Å². The van der Waals surface area contributed by atoms with Crippen LogP contribution in [0.2, 0.25) is 10.0 Å². The molecule has 1 atom stereocenters. The van der Waals surface area contributed by atoms with Gasteiger partial charge < -0.3 is 10.2 Å². The molecule has 240 valence electrons. The minimum absolute atomic E-state index is 0.0811. The average molecular weight is 653 g/mol. The topological polar surface area (TPSA) is 110 Å². The molecule has 0 radical (unpaired) electrons. The lowest BCUT2D eigenvalue weighted by Crippen LogP contribution is -2.51. The molecule has 9 nitrogen and oxygen atoms in total. The van der Waals surface area contributed by atoms with Crippen LogP contribution in [0.25, 0.3) is 0 Å². The number of hydrogen-bond acceptors (Lipinski definition) is 7. The summed E-state index contributed by atoms with van der Waals surface area (Å²) in [5.41, 5.74) is 10.6. The number of aliphatic imine (C=N–C) groups is 1. The number of rotatable bonds is 9. The lowest BCUT2D eigenvalue weighted by molar-refractivity contribution is -0.134. The summed E-state index contributed by atoms with van der Waals surface area (Å²) in [4.78, 5) is 35.0. The van der Waals surface area contributed by atoms with Gasteiger partial charge >= 0.3 is 0 Å². The van der Waals surface area contributed by atoms with Gasteiger partial charge in [0.25, 0.3) is 11.8 Å². The maximum absolute atomic E-state index is 14.6. The molecule has 2 heterocycles. The summed E-state index contributed by atoms with van der Waals surface area (Å²) in [5.74, 6) is 0.864. The van der Waals surface area contributed by atoms with E-state index in [1.165, 1.54) is 12.8 Å². The van der Waals surface area contributed by atoms with Crippen molar-refractivity contribution in [2.75, 3.05) is 6.54 Å². The summed E-state index contributed by atoms with van der Waals surface area (Å²) in [5, 5.41) is 7.84. The predicted molar refractivity (Wildman–Crippen MR) is 179 cm³/mol. The largest absolute Gasteiger partial charge is 0.345 e. The Labute approximate surface area is 275 Å². The van der Waals surface area contributed by atoms with Crippen LogP contribution in [0.3, 0.4) is 0 Å². The van der Waals surface area contributed by atoms with Crippen LogP contribution in [0.5, 0.6) is 0 Å². The first-order chi connectivity index (χ1) is 21.4. The molecule has 4 aliphatic rings. The highest BCUT2D eigenvalue weighted by Crippen LogP contribution is 2.53. The molecule has 0 saturated heterocycles. The zero-order chi connectivity index (χ0) is 32.0. The summed E-state index contributed by atoms with van der Waals surface area (Å²) in [6.07, 6.45) is 7.84. The summed E-state index contributed by atoms with van der Waals surface area (Å²) >= 11 is 12.8. The number of hydrazine groups is 2. The van der Waals surface area contributed by atoms with Crippen LogP contribution in [0.15, 0.2) is 52.6 Å². The Bertz CT molecular complexity index is 1500. The zero-order valence-corrected chi connectivity index (χ0v) is 28.0. The molecule has 0 bridgehead atoms. The fourth-order valence-corrected chi connectivity index (χ4v) is 7.57. The van der Waals surface area contributed by atoms with Crippen LogP contribution >= 0.6 is 23.2 Å².